The van der Waals surface area contributed by atoms with Crippen LogP contribution < -0.4 is 10.6 Å². The van der Waals surface area contributed by atoms with E-state index in [1.165, 1.54) is 0 Å². The van der Waals surface area contributed by atoms with Crippen molar-refractivity contribution < 1.29 is 9.59 Å². The maximum atomic E-state index is 12.0. The van der Waals surface area contributed by atoms with Crippen molar-refractivity contribution in [3.8, 4) is 0 Å². The molecule has 0 fully saturated rings. The normalized spacial score (nSPS) is 10.6. The van der Waals surface area contributed by atoms with E-state index in [1.807, 2.05) is 67.4 Å². The van der Waals surface area contributed by atoms with Gasteiger partial charge in [-0.25, -0.2) is 0 Å². The van der Waals surface area contributed by atoms with Crippen LogP contribution in [0.2, 0.25) is 0 Å². The summed E-state index contributed by atoms with van der Waals surface area (Å²) in [5.74, 6) is -0.404. The molecular weight excluding hydrogens is 394 g/mol. The van der Waals surface area contributed by atoms with Gasteiger partial charge in [0.2, 0.25) is 11.8 Å². The minimum Gasteiger partial charge on any atom is -0.346 e. The highest BCUT2D eigenvalue weighted by molar-refractivity contribution is 9.10. The Hall–Kier alpha value is -2.18. The Morgan fingerprint density at radius 2 is 1.73 bits per heavy atom. The van der Waals surface area contributed by atoms with Crippen molar-refractivity contribution in [2.75, 3.05) is 25.5 Å². The van der Waals surface area contributed by atoms with Crippen LogP contribution in [0.15, 0.2) is 53.0 Å². The lowest BCUT2D eigenvalue weighted by Gasteiger charge is -2.16. The molecule has 26 heavy (non-hydrogen) atoms. The highest BCUT2D eigenvalue weighted by Gasteiger charge is 2.10. The third-order valence-electron chi connectivity index (χ3n) is 3.90. The molecule has 0 aliphatic carbocycles. The second kappa shape index (κ2) is 10.1. The van der Waals surface area contributed by atoms with Gasteiger partial charge >= 0.3 is 0 Å². The number of hydrogen-bond donors (Lipinski definition) is 2. The number of rotatable bonds is 8. The van der Waals surface area contributed by atoms with Gasteiger partial charge in [0.1, 0.15) is 0 Å². The van der Waals surface area contributed by atoms with Gasteiger partial charge < -0.3 is 10.6 Å². The van der Waals surface area contributed by atoms with Gasteiger partial charge in [-0.1, -0.05) is 53.2 Å². The van der Waals surface area contributed by atoms with Crippen molar-refractivity contribution in [2.24, 2.45) is 0 Å². The zero-order valence-corrected chi connectivity index (χ0v) is 16.7. The van der Waals surface area contributed by atoms with Gasteiger partial charge in [0.15, 0.2) is 0 Å². The van der Waals surface area contributed by atoms with E-state index in [4.69, 9.17) is 0 Å². The maximum absolute atomic E-state index is 12.0. The monoisotopic (exact) mass is 417 g/mol. The molecule has 6 heteroatoms. The number of carbonyl (C=O) groups is 2. The van der Waals surface area contributed by atoms with Crippen LogP contribution in [-0.4, -0.2) is 36.9 Å². The molecule has 0 radical (unpaired) electrons. The zero-order chi connectivity index (χ0) is 18.9. The van der Waals surface area contributed by atoms with Gasteiger partial charge in [-0.3, -0.25) is 14.5 Å². The van der Waals surface area contributed by atoms with Crippen molar-refractivity contribution >= 4 is 33.4 Å². The number of amides is 2. The minimum absolute atomic E-state index is 0.0387. The number of likely N-dealkylation sites (N-methyl/N-ethyl adjacent to an activating group) is 1. The number of halogens is 1. The van der Waals surface area contributed by atoms with Crippen molar-refractivity contribution in [2.45, 2.75) is 19.9 Å². The SMILES string of the molecule is CCc1ccccc1NC(=O)CNC(=O)CN(C)Cc1ccc(Br)cc1. The predicted octanol–water partition coefficient (Wildman–Crippen LogP) is 3.20. The summed E-state index contributed by atoms with van der Waals surface area (Å²) in [6.45, 7) is 2.89. The number of benzene rings is 2. The maximum Gasteiger partial charge on any atom is 0.243 e. The second-order valence-electron chi connectivity index (χ2n) is 6.13. The Morgan fingerprint density at radius 1 is 1.04 bits per heavy atom. The highest BCUT2D eigenvalue weighted by Crippen LogP contribution is 2.15. The molecule has 0 saturated carbocycles. The lowest BCUT2D eigenvalue weighted by molar-refractivity contribution is -0.124. The molecule has 2 aromatic rings. The predicted molar refractivity (Wildman–Crippen MR) is 108 cm³/mol. The molecule has 0 unspecified atom stereocenters. The molecular formula is C20H24BrN3O2. The van der Waals surface area contributed by atoms with E-state index in [2.05, 4.69) is 26.6 Å². The summed E-state index contributed by atoms with van der Waals surface area (Å²) in [6.07, 6.45) is 0.837. The average molecular weight is 418 g/mol. The Bertz CT molecular complexity index is 747. The lowest BCUT2D eigenvalue weighted by Crippen LogP contribution is -2.39. The molecule has 5 nitrogen and oxygen atoms in total. The molecule has 2 amide bonds. The molecule has 0 atom stereocenters. The summed E-state index contributed by atoms with van der Waals surface area (Å²) >= 11 is 3.40. The molecule has 0 spiro atoms. The fourth-order valence-electron chi connectivity index (χ4n) is 2.58. The molecule has 0 aliphatic rings. The number of aryl methyl sites for hydroxylation is 1. The number of nitrogens with one attached hydrogen (secondary N) is 2. The quantitative estimate of drug-likeness (QED) is 0.692. The summed E-state index contributed by atoms with van der Waals surface area (Å²) in [7, 11) is 1.87. The summed E-state index contributed by atoms with van der Waals surface area (Å²) < 4.78 is 1.03. The van der Waals surface area contributed by atoms with E-state index < -0.39 is 0 Å². The zero-order valence-electron chi connectivity index (χ0n) is 15.1. The van der Waals surface area contributed by atoms with Crippen LogP contribution in [0.25, 0.3) is 0 Å². The van der Waals surface area contributed by atoms with Crippen LogP contribution in [-0.2, 0) is 22.6 Å². The molecule has 2 aromatic carbocycles. The summed E-state index contributed by atoms with van der Waals surface area (Å²) in [6, 6.07) is 15.6. The summed E-state index contributed by atoms with van der Waals surface area (Å²) in [5, 5.41) is 5.51. The lowest BCUT2D eigenvalue weighted by atomic mass is 10.1. The Kier molecular flexibility index (Phi) is 7.81. The average Bonchev–Trinajstić information content (AvgIpc) is 2.62. The molecule has 0 aromatic heterocycles. The third kappa shape index (κ3) is 6.61. The fraction of sp³-hybridized carbons (Fsp3) is 0.300. The first-order valence-electron chi connectivity index (χ1n) is 8.55. The summed E-state index contributed by atoms with van der Waals surface area (Å²) in [5.41, 5.74) is 2.99. The second-order valence-corrected chi connectivity index (χ2v) is 7.05. The summed E-state index contributed by atoms with van der Waals surface area (Å²) in [4.78, 5) is 26.0. The fourth-order valence-corrected chi connectivity index (χ4v) is 2.85. The van der Waals surface area contributed by atoms with Gasteiger partial charge in [0.05, 0.1) is 13.1 Å². The van der Waals surface area contributed by atoms with E-state index in [0.29, 0.717) is 6.54 Å². The molecule has 0 heterocycles. The molecule has 138 valence electrons. The number of nitrogens with zero attached hydrogens (tertiary/aromatic N) is 1. The Labute approximate surface area is 162 Å². The molecule has 2 rings (SSSR count). The van der Waals surface area contributed by atoms with Crippen LogP contribution in [0, 0.1) is 0 Å². The van der Waals surface area contributed by atoms with E-state index in [9.17, 15) is 9.59 Å². The minimum atomic E-state index is -0.227. The van der Waals surface area contributed by atoms with E-state index in [-0.39, 0.29) is 24.9 Å². The van der Waals surface area contributed by atoms with Crippen molar-refractivity contribution in [1.82, 2.24) is 10.2 Å². The van der Waals surface area contributed by atoms with Gasteiger partial charge in [-0.15, -0.1) is 0 Å². The van der Waals surface area contributed by atoms with Gasteiger partial charge in [0, 0.05) is 16.7 Å². The first kappa shape index (κ1) is 20.1. The Morgan fingerprint density at radius 3 is 2.42 bits per heavy atom. The van der Waals surface area contributed by atoms with Gasteiger partial charge in [-0.05, 0) is 42.8 Å². The molecule has 0 bridgehead atoms. The number of anilines is 1. The van der Waals surface area contributed by atoms with E-state index in [0.717, 1.165) is 27.7 Å². The van der Waals surface area contributed by atoms with Crippen LogP contribution >= 0.6 is 15.9 Å². The van der Waals surface area contributed by atoms with Crippen molar-refractivity contribution in [1.29, 1.82) is 0 Å². The topological polar surface area (TPSA) is 61.4 Å². The highest BCUT2D eigenvalue weighted by atomic mass is 79.9. The van der Waals surface area contributed by atoms with Crippen molar-refractivity contribution in [3.05, 3.63) is 64.1 Å². The standard InChI is InChI=1S/C20H24BrN3O2/c1-3-16-6-4-5-7-18(16)23-19(25)12-22-20(26)14-24(2)13-15-8-10-17(21)11-9-15/h4-11H,3,12-14H2,1-2H3,(H,22,26)(H,23,25). The third-order valence-corrected chi connectivity index (χ3v) is 4.43. The first-order valence-corrected chi connectivity index (χ1v) is 9.34. The van der Waals surface area contributed by atoms with Gasteiger partial charge in [0.25, 0.3) is 0 Å². The molecule has 0 aliphatic heterocycles. The smallest absolute Gasteiger partial charge is 0.243 e. The number of carbonyl (C=O) groups excluding carboxylic acids is 2. The van der Waals surface area contributed by atoms with Crippen LogP contribution in [0.5, 0.6) is 0 Å². The largest absolute Gasteiger partial charge is 0.346 e. The van der Waals surface area contributed by atoms with Gasteiger partial charge in [-0.2, -0.15) is 0 Å². The van der Waals surface area contributed by atoms with Crippen LogP contribution in [0.3, 0.4) is 0 Å². The van der Waals surface area contributed by atoms with E-state index in [1.54, 1.807) is 0 Å². The molecule has 2 N–H and O–H groups in total. The van der Waals surface area contributed by atoms with Crippen molar-refractivity contribution in [3.63, 3.8) is 0 Å². The van der Waals surface area contributed by atoms with E-state index >= 15 is 0 Å². The molecule has 0 saturated heterocycles. The van der Waals surface area contributed by atoms with Crippen LogP contribution in [0.4, 0.5) is 5.69 Å². The Balaban J connectivity index is 1.75. The first-order chi connectivity index (χ1) is 12.5. The number of para-hydroxylation sites is 1. The number of hydrogen-bond acceptors (Lipinski definition) is 3. The van der Waals surface area contributed by atoms with Crippen LogP contribution in [0.1, 0.15) is 18.1 Å².